The van der Waals surface area contributed by atoms with Gasteiger partial charge in [-0.15, -0.1) is 0 Å². The molecule has 1 aromatic heterocycles. The predicted molar refractivity (Wildman–Crippen MR) is 54.1 cm³/mol. The summed E-state index contributed by atoms with van der Waals surface area (Å²) in [6, 6.07) is 0.512. The van der Waals surface area contributed by atoms with E-state index in [-0.39, 0.29) is 0 Å². The molecule has 0 amide bonds. The van der Waals surface area contributed by atoms with E-state index in [1.807, 2.05) is 6.20 Å². The quantitative estimate of drug-likeness (QED) is 0.693. The zero-order valence-electron chi connectivity index (χ0n) is 8.40. The lowest BCUT2D eigenvalue weighted by molar-refractivity contribution is 0.593. The van der Waals surface area contributed by atoms with Gasteiger partial charge in [0.1, 0.15) is 0 Å². The van der Waals surface area contributed by atoms with Crippen molar-refractivity contribution in [2.45, 2.75) is 32.7 Å². The molecule has 3 heteroatoms. The molecule has 1 aliphatic rings. The maximum atomic E-state index is 4.41. The van der Waals surface area contributed by atoms with Gasteiger partial charge in [-0.2, -0.15) is 0 Å². The zero-order valence-corrected chi connectivity index (χ0v) is 8.40. The van der Waals surface area contributed by atoms with Crippen LogP contribution in [0.3, 0.4) is 0 Å². The van der Waals surface area contributed by atoms with Crippen LogP contribution >= 0.6 is 0 Å². The summed E-state index contributed by atoms with van der Waals surface area (Å²) in [5, 5.41) is 0. The molecule has 3 nitrogen and oxygen atoms in total. The van der Waals surface area contributed by atoms with Crippen LogP contribution in [0, 0.1) is 0 Å². The van der Waals surface area contributed by atoms with Gasteiger partial charge in [-0.25, -0.2) is 4.98 Å². The Balaban J connectivity index is 2.23. The largest absolute Gasteiger partial charge is 0.342 e. The molecule has 0 N–H and O–H groups in total. The minimum Gasteiger partial charge on any atom is -0.342 e. The number of nitrogens with zero attached hydrogens (tertiary/aromatic N) is 3. The van der Waals surface area contributed by atoms with E-state index in [0.717, 1.165) is 5.95 Å². The van der Waals surface area contributed by atoms with Crippen LogP contribution in [0.5, 0.6) is 0 Å². The number of aromatic nitrogens is 2. The fourth-order valence-electron chi connectivity index (χ4n) is 1.87. The Hall–Kier alpha value is -0.990. The summed E-state index contributed by atoms with van der Waals surface area (Å²) in [6.45, 7) is 6.73. The van der Waals surface area contributed by atoms with Gasteiger partial charge in [0, 0.05) is 31.5 Å². The van der Waals surface area contributed by atoms with E-state index in [1.165, 1.54) is 25.9 Å². The Morgan fingerprint density at radius 2 is 2.00 bits per heavy atom. The lowest BCUT2D eigenvalue weighted by Gasteiger charge is -2.20. The molecule has 0 saturated carbocycles. The van der Waals surface area contributed by atoms with Gasteiger partial charge >= 0.3 is 0 Å². The van der Waals surface area contributed by atoms with Crippen molar-refractivity contribution >= 4 is 5.95 Å². The van der Waals surface area contributed by atoms with Gasteiger partial charge in [-0.3, -0.25) is 0 Å². The minimum absolute atomic E-state index is 0.512. The molecule has 1 saturated heterocycles. The number of rotatable bonds is 2. The van der Waals surface area contributed by atoms with Crippen molar-refractivity contribution in [2.24, 2.45) is 0 Å². The summed E-state index contributed by atoms with van der Waals surface area (Å²) in [4.78, 5) is 6.78. The Labute approximate surface area is 79.4 Å². The molecule has 0 aromatic carbocycles. The van der Waals surface area contributed by atoms with E-state index in [1.54, 1.807) is 0 Å². The first-order valence-electron chi connectivity index (χ1n) is 5.07. The lowest BCUT2D eigenvalue weighted by Crippen LogP contribution is -2.22. The summed E-state index contributed by atoms with van der Waals surface area (Å²) in [7, 11) is 0. The van der Waals surface area contributed by atoms with Crippen molar-refractivity contribution in [1.29, 1.82) is 0 Å². The lowest BCUT2D eigenvalue weighted by atomic mass is 10.4. The molecule has 0 spiro atoms. The highest BCUT2D eigenvalue weighted by atomic mass is 15.3. The van der Waals surface area contributed by atoms with Crippen LogP contribution < -0.4 is 4.90 Å². The third-order valence-electron chi connectivity index (χ3n) is 2.59. The average Bonchev–Trinajstić information content (AvgIpc) is 2.74. The SMILES string of the molecule is CC(C)n1ccnc1N1CCCC1. The van der Waals surface area contributed by atoms with Gasteiger partial charge < -0.3 is 9.47 Å². The molecule has 1 fully saturated rings. The van der Waals surface area contributed by atoms with Crippen molar-refractivity contribution in [3.63, 3.8) is 0 Å². The number of hydrogen-bond acceptors (Lipinski definition) is 2. The van der Waals surface area contributed by atoms with E-state index in [0.29, 0.717) is 6.04 Å². The van der Waals surface area contributed by atoms with Crippen LogP contribution in [0.1, 0.15) is 32.7 Å². The van der Waals surface area contributed by atoms with Crippen molar-refractivity contribution in [3.8, 4) is 0 Å². The summed E-state index contributed by atoms with van der Waals surface area (Å²) in [6.07, 6.45) is 6.59. The normalized spacial score (nSPS) is 17.3. The first-order chi connectivity index (χ1) is 6.29. The van der Waals surface area contributed by atoms with E-state index < -0.39 is 0 Å². The van der Waals surface area contributed by atoms with Crippen LogP contribution in [0.2, 0.25) is 0 Å². The Bertz CT molecular complexity index is 271. The fraction of sp³-hybridized carbons (Fsp3) is 0.700. The van der Waals surface area contributed by atoms with Gasteiger partial charge in [-0.1, -0.05) is 0 Å². The molecule has 72 valence electrons. The van der Waals surface area contributed by atoms with Gasteiger partial charge in [0.05, 0.1) is 0 Å². The molecule has 0 bridgehead atoms. The molecule has 1 aromatic rings. The standard InChI is InChI=1S/C10H17N3/c1-9(2)13-8-5-11-10(13)12-6-3-4-7-12/h5,8-9H,3-4,6-7H2,1-2H3. The highest BCUT2D eigenvalue weighted by Crippen LogP contribution is 2.21. The second-order valence-corrected chi connectivity index (χ2v) is 3.92. The molecule has 13 heavy (non-hydrogen) atoms. The number of imidazole rings is 1. The highest BCUT2D eigenvalue weighted by Gasteiger charge is 2.17. The molecular formula is C10H17N3. The van der Waals surface area contributed by atoms with Crippen molar-refractivity contribution in [1.82, 2.24) is 9.55 Å². The second-order valence-electron chi connectivity index (χ2n) is 3.92. The van der Waals surface area contributed by atoms with Crippen molar-refractivity contribution in [3.05, 3.63) is 12.4 Å². The van der Waals surface area contributed by atoms with E-state index in [2.05, 4.69) is 34.5 Å². The summed E-state index contributed by atoms with van der Waals surface area (Å²) in [5.41, 5.74) is 0. The molecular weight excluding hydrogens is 162 g/mol. The van der Waals surface area contributed by atoms with Crippen molar-refractivity contribution < 1.29 is 0 Å². The van der Waals surface area contributed by atoms with E-state index in [4.69, 9.17) is 0 Å². The number of anilines is 1. The molecule has 0 unspecified atom stereocenters. The molecule has 1 aliphatic heterocycles. The van der Waals surface area contributed by atoms with Crippen LogP contribution in [0.25, 0.3) is 0 Å². The molecule has 0 radical (unpaired) electrons. The first-order valence-corrected chi connectivity index (χ1v) is 5.07. The predicted octanol–water partition coefficient (Wildman–Crippen LogP) is 2.06. The summed E-state index contributed by atoms with van der Waals surface area (Å²) in [5.74, 6) is 1.15. The Kier molecular flexibility index (Phi) is 2.25. The third kappa shape index (κ3) is 1.55. The highest BCUT2D eigenvalue weighted by molar-refractivity contribution is 5.32. The van der Waals surface area contributed by atoms with Gasteiger partial charge in [-0.05, 0) is 26.7 Å². The second kappa shape index (κ2) is 3.40. The maximum Gasteiger partial charge on any atom is 0.205 e. The topological polar surface area (TPSA) is 21.1 Å². The van der Waals surface area contributed by atoms with Gasteiger partial charge in [0.2, 0.25) is 5.95 Å². The first kappa shape index (κ1) is 8.60. The van der Waals surface area contributed by atoms with E-state index >= 15 is 0 Å². The maximum absolute atomic E-state index is 4.41. The van der Waals surface area contributed by atoms with E-state index in [9.17, 15) is 0 Å². The van der Waals surface area contributed by atoms with Crippen molar-refractivity contribution in [2.75, 3.05) is 18.0 Å². The Morgan fingerprint density at radius 1 is 1.31 bits per heavy atom. The monoisotopic (exact) mass is 179 g/mol. The number of hydrogen-bond donors (Lipinski definition) is 0. The van der Waals surface area contributed by atoms with Gasteiger partial charge in [0.25, 0.3) is 0 Å². The third-order valence-corrected chi connectivity index (χ3v) is 2.59. The zero-order chi connectivity index (χ0) is 9.26. The van der Waals surface area contributed by atoms with Crippen LogP contribution in [-0.4, -0.2) is 22.6 Å². The average molecular weight is 179 g/mol. The van der Waals surface area contributed by atoms with Gasteiger partial charge in [0.15, 0.2) is 0 Å². The molecule has 2 rings (SSSR count). The fourth-order valence-corrected chi connectivity index (χ4v) is 1.87. The van der Waals surface area contributed by atoms with Crippen LogP contribution in [-0.2, 0) is 0 Å². The summed E-state index contributed by atoms with van der Waals surface area (Å²) >= 11 is 0. The van der Waals surface area contributed by atoms with Crippen LogP contribution in [0.4, 0.5) is 5.95 Å². The molecule has 0 aliphatic carbocycles. The molecule has 2 heterocycles. The molecule has 0 atom stereocenters. The van der Waals surface area contributed by atoms with Crippen LogP contribution in [0.15, 0.2) is 12.4 Å². The smallest absolute Gasteiger partial charge is 0.205 e. The summed E-state index contributed by atoms with van der Waals surface area (Å²) < 4.78 is 2.24. The Morgan fingerprint density at radius 3 is 2.62 bits per heavy atom. The minimum atomic E-state index is 0.512.